The van der Waals surface area contributed by atoms with E-state index in [1.165, 1.54) is 4.90 Å². The number of nitrogen functional groups attached to an aromatic ring is 1. The quantitative estimate of drug-likeness (QED) is 0.409. The number of likely N-dealkylation sites (tertiary alicyclic amines) is 1. The van der Waals surface area contributed by atoms with Gasteiger partial charge in [-0.05, 0) is 31.2 Å². The van der Waals surface area contributed by atoms with Crippen LogP contribution in [0.4, 0.5) is 5.82 Å². The molecule has 2 fully saturated rings. The van der Waals surface area contributed by atoms with Gasteiger partial charge in [-0.1, -0.05) is 24.0 Å². The molecule has 2 saturated heterocycles. The van der Waals surface area contributed by atoms with Crippen molar-refractivity contribution in [2.75, 3.05) is 12.8 Å². The van der Waals surface area contributed by atoms with E-state index in [1.807, 2.05) is 36.4 Å². The molecule has 2 unspecified atom stereocenters. The topological polar surface area (TPSA) is 127 Å². The summed E-state index contributed by atoms with van der Waals surface area (Å²) in [4.78, 5) is 26.9. The number of rotatable bonds is 1. The van der Waals surface area contributed by atoms with Gasteiger partial charge in [-0.3, -0.25) is 10.1 Å². The van der Waals surface area contributed by atoms with Crippen molar-refractivity contribution in [3.63, 3.8) is 0 Å². The number of hydrogen-bond acceptors (Lipinski definition) is 7. The molecule has 3 atom stereocenters. The van der Waals surface area contributed by atoms with Crippen molar-refractivity contribution >= 4 is 22.8 Å². The third kappa shape index (κ3) is 2.71. The molecular weight excluding hydrogens is 368 g/mol. The third-order valence-electron chi connectivity index (χ3n) is 5.31. The SMILES string of the molecule is Cc1nc(N)c2nc(-c3cccc(C#C[C@@]4(O)C(=O)N(C)C5NC54)c3)ccc2n1. The molecule has 3 aromatic rings. The van der Waals surface area contributed by atoms with E-state index in [4.69, 9.17) is 5.73 Å². The summed E-state index contributed by atoms with van der Waals surface area (Å²) < 4.78 is 0. The molecule has 0 radical (unpaired) electrons. The van der Waals surface area contributed by atoms with Crippen LogP contribution in [-0.4, -0.2) is 55.7 Å². The van der Waals surface area contributed by atoms with Crippen LogP contribution < -0.4 is 11.1 Å². The Balaban J connectivity index is 1.50. The van der Waals surface area contributed by atoms with Gasteiger partial charge in [0.2, 0.25) is 5.60 Å². The molecule has 5 rings (SSSR count). The van der Waals surface area contributed by atoms with Gasteiger partial charge in [0, 0.05) is 18.2 Å². The van der Waals surface area contributed by atoms with E-state index in [9.17, 15) is 9.90 Å². The first-order valence-electron chi connectivity index (χ1n) is 9.17. The smallest absolute Gasteiger partial charge is 0.270 e. The van der Waals surface area contributed by atoms with Gasteiger partial charge in [-0.2, -0.15) is 0 Å². The lowest BCUT2D eigenvalue weighted by atomic mass is 10.0. The molecule has 144 valence electrons. The van der Waals surface area contributed by atoms with Crippen molar-refractivity contribution in [2.45, 2.75) is 24.7 Å². The first-order valence-corrected chi connectivity index (χ1v) is 9.17. The Morgan fingerprint density at radius 2 is 2.07 bits per heavy atom. The Kier molecular flexibility index (Phi) is 3.62. The van der Waals surface area contributed by atoms with E-state index in [0.717, 1.165) is 5.56 Å². The molecule has 0 aliphatic carbocycles. The van der Waals surface area contributed by atoms with Crippen LogP contribution in [0.1, 0.15) is 11.4 Å². The van der Waals surface area contributed by atoms with Crippen molar-refractivity contribution < 1.29 is 9.90 Å². The maximum absolute atomic E-state index is 12.3. The monoisotopic (exact) mass is 386 g/mol. The molecule has 1 amide bonds. The number of nitrogens with one attached hydrogen (secondary N) is 1. The van der Waals surface area contributed by atoms with E-state index < -0.39 is 5.60 Å². The number of nitrogens with two attached hydrogens (primary N) is 1. The summed E-state index contributed by atoms with van der Waals surface area (Å²) in [6.07, 6.45) is -0.133. The van der Waals surface area contributed by atoms with Crippen molar-refractivity contribution in [3.05, 3.63) is 47.8 Å². The number of aryl methyl sites for hydroxylation is 1. The lowest BCUT2D eigenvalue weighted by Gasteiger charge is -2.18. The van der Waals surface area contributed by atoms with Crippen LogP contribution in [-0.2, 0) is 4.79 Å². The third-order valence-corrected chi connectivity index (χ3v) is 5.31. The summed E-state index contributed by atoms with van der Waals surface area (Å²) in [5, 5.41) is 13.7. The molecule has 0 saturated carbocycles. The molecule has 0 spiro atoms. The second kappa shape index (κ2) is 5.98. The molecule has 0 bridgehead atoms. The predicted molar refractivity (Wildman–Crippen MR) is 107 cm³/mol. The minimum absolute atomic E-state index is 0.133. The van der Waals surface area contributed by atoms with Crippen LogP contribution in [0, 0.1) is 18.8 Å². The number of fused-ring (bicyclic) bond motifs is 2. The maximum Gasteiger partial charge on any atom is 0.270 e. The fourth-order valence-electron chi connectivity index (χ4n) is 3.71. The summed E-state index contributed by atoms with van der Waals surface area (Å²) in [5.74, 6) is 6.25. The summed E-state index contributed by atoms with van der Waals surface area (Å²) in [6, 6.07) is 10.8. The van der Waals surface area contributed by atoms with Crippen molar-refractivity contribution in [3.8, 4) is 23.1 Å². The Hall–Kier alpha value is -3.54. The molecule has 1 aromatic carbocycles. The Morgan fingerprint density at radius 1 is 1.24 bits per heavy atom. The van der Waals surface area contributed by atoms with E-state index >= 15 is 0 Å². The van der Waals surface area contributed by atoms with Gasteiger partial charge in [0.1, 0.15) is 17.5 Å². The number of carbonyl (C=O) groups excluding carboxylic acids is 1. The molecule has 2 aliphatic rings. The van der Waals surface area contributed by atoms with Crippen molar-refractivity contribution in [2.24, 2.45) is 0 Å². The average molecular weight is 386 g/mol. The van der Waals surface area contributed by atoms with E-state index in [2.05, 4.69) is 32.1 Å². The number of carbonyl (C=O) groups is 1. The molecule has 2 aromatic heterocycles. The predicted octanol–water partition coefficient (Wildman–Crippen LogP) is 0.435. The fraction of sp³-hybridized carbons (Fsp3) is 0.238. The van der Waals surface area contributed by atoms with Crippen molar-refractivity contribution in [1.82, 2.24) is 25.2 Å². The highest BCUT2D eigenvalue weighted by molar-refractivity contribution is 5.94. The lowest BCUT2D eigenvalue weighted by molar-refractivity contribution is -0.140. The summed E-state index contributed by atoms with van der Waals surface area (Å²) in [5.41, 5.74) is 7.76. The summed E-state index contributed by atoms with van der Waals surface area (Å²) in [7, 11) is 1.66. The maximum atomic E-state index is 12.3. The zero-order valence-corrected chi connectivity index (χ0v) is 15.8. The van der Waals surface area contributed by atoms with Crippen molar-refractivity contribution in [1.29, 1.82) is 0 Å². The zero-order valence-electron chi connectivity index (χ0n) is 15.8. The van der Waals surface area contributed by atoms with Crippen LogP contribution in [0.5, 0.6) is 0 Å². The minimum Gasteiger partial charge on any atom is -0.382 e. The fourth-order valence-corrected chi connectivity index (χ4v) is 3.71. The highest BCUT2D eigenvalue weighted by Gasteiger charge is 2.66. The van der Waals surface area contributed by atoms with Gasteiger partial charge < -0.3 is 15.7 Å². The number of aliphatic hydroxyl groups is 1. The highest BCUT2D eigenvalue weighted by Crippen LogP contribution is 2.35. The molecule has 4 N–H and O–H groups in total. The van der Waals surface area contributed by atoms with Crippen LogP contribution in [0.25, 0.3) is 22.3 Å². The van der Waals surface area contributed by atoms with Gasteiger partial charge in [0.25, 0.3) is 5.91 Å². The number of pyridine rings is 1. The first kappa shape index (κ1) is 17.6. The lowest BCUT2D eigenvalue weighted by Crippen LogP contribution is -2.46. The Bertz CT molecular complexity index is 1250. The minimum atomic E-state index is -1.69. The molecule has 8 heteroatoms. The van der Waals surface area contributed by atoms with E-state index in [-0.39, 0.29) is 18.1 Å². The number of likely N-dealkylation sites (N-methyl/N-ethyl adjacent to an activating group) is 1. The summed E-state index contributed by atoms with van der Waals surface area (Å²) in [6.45, 7) is 1.78. The normalized spacial score (nSPS) is 24.9. The van der Waals surface area contributed by atoms with Crippen LogP contribution in [0.15, 0.2) is 36.4 Å². The number of nitrogens with zero attached hydrogens (tertiary/aromatic N) is 4. The van der Waals surface area contributed by atoms with Crippen LogP contribution in [0.2, 0.25) is 0 Å². The average Bonchev–Trinajstić information content (AvgIpc) is 3.49. The Labute approximate surface area is 166 Å². The summed E-state index contributed by atoms with van der Waals surface area (Å²) >= 11 is 0. The van der Waals surface area contributed by atoms with Gasteiger partial charge in [-0.15, -0.1) is 0 Å². The van der Waals surface area contributed by atoms with Crippen LogP contribution >= 0.6 is 0 Å². The molecular formula is C21H18N6O2. The number of hydrogen-bond donors (Lipinski definition) is 3. The second-order valence-corrected chi connectivity index (χ2v) is 7.32. The second-order valence-electron chi connectivity index (χ2n) is 7.32. The number of benzene rings is 1. The highest BCUT2D eigenvalue weighted by atomic mass is 16.3. The van der Waals surface area contributed by atoms with Crippen LogP contribution in [0.3, 0.4) is 0 Å². The number of aromatic nitrogens is 3. The number of anilines is 1. The molecule has 4 heterocycles. The van der Waals surface area contributed by atoms with Gasteiger partial charge in [0.15, 0.2) is 5.82 Å². The first-order chi connectivity index (χ1) is 13.9. The molecule has 8 nitrogen and oxygen atoms in total. The van der Waals surface area contributed by atoms with Gasteiger partial charge in [0.05, 0.1) is 17.3 Å². The van der Waals surface area contributed by atoms with Gasteiger partial charge in [-0.25, -0.2) is 15.0 Å². The van der Waals surface area contributed by atoms with E-state index in [0.29, 0.717) is 33.9 Å². The number of amides is 1. The molecule has 29 heavy (non-hydrogen) atoms. The largest absolute Gasteiger partial charge is 0.382 e. The molecule has 2 aliphatic heterocycles. The van der Waals surface area contributed by atoms with E-state index in [1.54, 1.807) is 14.0 Å². The zero-order chi connectivity index (χ0) is 20.3. The van der Waals surface area contributed by atoms with Gasteiger partial charge >= 0.3 is 0 Å². The standard InChI is InChI=1S/C21H18N6O2/c1-11-23-15-7-6-14(25-16(15)18(22)24-11)13-5-3-4-12(10-13)8-9-21(29)17-19(26-17)27(2)20(21)28/h3-7,10,17,19,26,29H,1-2H3,(H2,22,23,24)/t17?,19?,21-/m0/s1. The Morgan fingerprint density at radius 3 is 2.83 bits per heavy atom.